The monoisotopic (exact) mass is 325 g/mol. The number of nitrogens with zero attached hydrogens (tertiary/aromatic N) is 1. The van der Waals surface area contributed by atoms with E-state index in [1.165, 1.54) is 35.0 Å². The van der Waals surface area contributed by atoms with Crippen LogP contribution >= 0.6 is 0 Å². The van der Waals surface area contributed by atoms with Gasteiger partial charge in [0.25, 0.3) is 0 Å². The van der Waals surface area contributed by atoms with Gasteiger partial charge in [-0.05, 0) is 44.0 Å². The van der Waals surface area contributed by atoms with Crippen molar-refractivity contribution in [3.8, 4) is 0 Å². The summed E-state index contributed by atoms with van der Waals surface area (Å²) in [6.07, 6.45) is 5.16. The van der Waals surface area contributed by atoms with Crippen molar-refractivity contribution >= 4 is 16.0 Å². The standard InChI is InChI=1S/C16H23NO4S/c1-3-21-16(18)13-9-11-15(12-10-13)22(19,20)17(2)14-7-5-4-6-8-14/h9-12,14H,3-8H2,1-2H3. The zero-order chi connectivity index (χ0) is 16.2. The predicted octanol–water partition coefficient (Wildman–Crippen LogP) is 2.82. The Morgan fingerprint density at radius 2 is 1.77 bits per heavy atom. The lowest BCUT2D eigenvalue weighted by atomic mass is 9.96. The van der Waals surface area contributed by atoms with Gasteiger partial charge in [0.1, 0.15) is 0 Å². The molecule has 1 saturated carbocycles. The minimum Gasteiger partial charge on any atom is -0.462 e. The number of benzene rings is 1. The molecule has 0 radical (unpaired) electrons. The summed E-state index contributed by atoms with van der Waals surface area (Å²) in [4.78, 5) is 11.8. The Morgan fingerprint density at radius 3 is 2.32 bits per heavy atom. The predicted molar refractivity (Wildman–Crippen MR) is 84.2 cm³/mol. The van der Waals surface area contributed by atoms with E-state index in [4.69, 9.17) is 4.74 Å². The first-order valence-corrected chi connectivity index (χ1v) is 9.16. The summed E-state index contributed by atoms with van der Waals surface area (Å²) in [5, 5.41) is 0. The van der Waals surface area contributed by atoms with Crippen molar-refractivity contribution in [2.45, 2.75) is 50.0 Å². The quantitative estimate of drug-likeness (QED) is 0.781. The van der Waals surface area contributed by atoms with Crippen LogP contribution in [-0.4, -0.2) is 38.4 Å². The molecule has 0 spiro atoms. The number of hydrogen-bond acceptors (Lipinski definition) is 4. The molecule has 6 heteroatoms. The van der Waals surface area contributed by atoms with Crippen LogP contribution < -0.4 is 0 Å². The lowest BCUT2D eigenvalue weighted by Gasteiger charge is -2.30. The van der Waals surface area contributed by atoms with Crippen LogP contribution in [-0.2, 0) is 14.8 Å². The Labute approximate surface area is 132 Å². The summed E-state index contributed by atoms with van der Waals surface area (Å²) in [5.74, 6) is -0.438. The third-order valence-corrected chi connectivity index (χ3v) is 6.06. The number of rotatable bonds is 5. The maximum atomic E-state index is 12.6. The highest BCUT2D eigenvalue weighted by Crippen LogP contribution is 2.26. The molecule has 0 atom stereocenters. The molecule has 5 nitrogen and oxygen atoms in total. The van der Waals surface area contributed by atoms with Gasteiger partial charge in [0.15, 0.2) is 0 Å². The molecule has 22 heavy (non-hydrogen) atoms. The highest BCUT2D eigenvalue weighted by atomic mass is 32.2. The summed E-state index contributed by atoms with van der Waals surface area (Å²) in [6, 6.07) is 6.02. The molecular weight excluding hydrogens is 302 g/mol. The second kappa shape index (κ2) is 7.24. The van der Waals surface area contributed by atoms with E-state index in [0.717, 1.165) is 25.7 Å². The maximum Gasteiger partial charge on any atom is 0.338 e. The largest absolute Gasteiger partial charge is 0.462 e. The molecule has 0 heterocycles. The normalized spacial score (nSPS) is 16.7. The van der Waals surface area contributed by atoms with Crippen LogP contribution in [0.4, 0.5) is 0 Å². The van der Waals surface area contributed by atoms with Crippen molar-refractivity contribution < 1.29 is 17.9 Å². The molecule has 0 aromatic heterocycles. The molecule has 1 aliphatic carbocycles. The molecule has 1 aliphatic rings. The molecule has 0 amide bonds. The van der Waals surface area contributed by atoms with Crippen LogP contribution in [0.3, 0.4) is 0 Å². The van der Waals surface area contributed by atoms with Gasteiger partial charge in [-0.2, -0.15) is 4.31 Å². The molecule has 1 aromatic carbocycles. The minimum atomic E-state index is -3.51. The molecule has 0 unspecified atom stereocenters. The molecule has 122 valence electrons. The SMILES string of the molecule is CCOC(=O)c1ccc(S(=O)(=O)N(C)C2CCCCC2)cc1. The fourth-order valence-electron chi connectivity index (χ4n) is 2.78. The first kappa shape index (κ1) is 17.0. The Hall–Kier alpha value is -1.40. The number of ether oxygens (including phenoxy) is 1. The van der Waals surface area contributed by atoms with Crippen molar-refractivity contribution in [1.82, 2.24) is 4.31 Å². The van der Waals surface area contributed by atoms with Crippen molar-refractivity contribution in [3.05, 3.63) is 29.8 Å². The lowest BCUT2D eigenvalue weighted by Crippen LogP contribution is -2.38. The molecule has 0 bridgehead atoms. The van der Waals surface area contributed by atoms with Crippen molar-refractivity contribution in [1.29, 1.82) is 0 Å². The van der Waals surface area contributed by atoms with Gasteiger partial charge in [-0.1, -0.05) is 19.3 Å². The lowest BCUT2D eigenvalue weighted by molar-refractivity contribution is 0.0526. The zero-order valence-electron chi connectivity index (χ0n) is 13.1. The van der Waals surface area contributed by atoms with Crippen LogP contribution in [0.15, 0.2) is 29.2 Å². The van der Waals surface area contributed by atoms with E-state index in [9.17, 15) is 13.2 Å². The Kier molecular flexibility index (Phi) is 5.58. The van der Waals surface area contributed by atoms with Gasteiger partial charge in [0.2, 0.25) is 10.0 Å². The van der Waals surface area contributed by atoms with Crippen LogP contribution in [0, 0.1) is 0 Å². The van der Waals surface area contributed by atoms with Crippen LogP contribution in [0.5, 0.6) is 0 Å². The highest BCUT2D eigenvalue weighted by molar-refractivity contribution is 7.89. The Bertz CT molecular complexity index is 604. The van der Waals surface area contributed by atoms with Gasteiger partial charge in [0, 0.05) is 13.1 Å². The van der Waals surface area contributed by atoms with Gasteiger partial charge in [-0.25, -0.2) is 13.2 Å². The Balaban J connectivity index is 2.16. The number of esters is 1. The summed E-state index contributed by atoms with van der Waals surface area (Å²) < 4.78 is 31.7. The molecular formula is C16H23NO4S. The Morgan fingerprint density at radius 1 is 1.18 bits per heavy atom. The molecule has 1 aromatic rings. The first-order valence-electron chi connectivity index (χ1n) is 7.72. The van der Waals surface area contributed by atoms with Crippen molar-refractivity contribution in [3.63, 3.8) is 0 Å². The topological polar surface area (TPSA) is 63.7 Å². The van der Waals surface area contributed by atoms with Gasteiger partial charge in [-0.15, -0.1) is 0 Å². The second-order valence-corrected chi connectivity index (χ2v) is 7.56. The maximum absolute atomic E-state index is 12.6. The third kappa shape index (κ3) is 3.67. The van der Waals surface area contributed by atoms with Crippen LogP contribution in [0.2, 0.25) is 0 Å². The highest BCUT2D eigenvalue weighted by Gasteiger charge is 2.29. The molecule has 1 fully saturated rings. The van der Waals surface area contributed by atoms with E-state index in [-0.39, 0.29) is 10.9 Å². The van der Waals surface area contributed by atoms with Gasteiger partial charge in [0.05, 0.1) is 17.1 Å². The average molecular weight is 325 g/mol. The van der Waals surface area contributed by atoms with E-state index >= 15 is 0 Å². The molecule has 0 aliphatic heterocycles. The van der Waals surface area contributed by atoms with E-state index in [1.54, 1.807) is 14.0 Å². The summed E-state index contributed by atoms with van der Waals surface area (Å²) in [7, 11) is -1.87. The van der Waals surface area contributed by atoms with E-state index < -0.39 is 16.0 Å². The van der Waals surface area contributed by atoms with E-state index in [2.05, 4.69) is 0 Å². The number of sulfonamides is 1. The van der Waals surface area contributed by atoms with Gasteiger partial charge in [-0.3, -0.25) is 0 Å². The van der Waals surface area contributed by atoms with Crippen molar-refractivity contribution in [2.24, 2.45) is 0 Å². The second-order valence-electron chi connectivity index (χ2n) is 5.56. The molecule has 2 rings (SSSR count). The minimum absolute atomic E-state index is 0.0727. The molecule has 0 N–H and O–H groups in total. The van der Waals surface area contributed by atoms with E-state index in [1.807, 2.05) is 0 Å². The van der Waals surface area contributed by atoms with E-state index in [0.29, 0.717) is 12.2 Å². The zero-order valence-corrected chi connectivity index (χ0v) is 13.9. The summed E-state index contributed by atoms with van der Waals surface area (Å²) >= 11 is 0. The average Bonchev–Trinajstić information content (AvgIpc) is 2.55. The summed E-state index contributed by atoms with van der Waals surface area (Å²) in [5.41, 5.74) is 0.362. The smallest absolute Gasteiger partial charge is 0.338 e. The fourth-order valence-corrected chi connectivity index (χ4v) is 4.20. The number of hydrogen-bond donors (Lipinski definition) is 0. The summed E-state index contributed by atoms with van der Waals surface area (Å²) in [6.45, 7) is 2.03. The van der Waals surface area contributed by atoms with Crippen LogP contribution in [0.25, 0.3) is 0 Å². The van der Waals surface area contributed by atoms with Gasteiger partial charge >= 0.3 is 5.97 Å². The van der Waals surface area contributed by atoms with Gasteiger partial charge < -0.3 is 4.74 Å². The molecule has 0 saturated heterocycles. The third-order valence-electron chi connectivity index (χ3n) is 4.13. The van der Waals surface area contributed by atoms with Crippen molar-refractivity contribution in [2.75, 3.05) is 13.7 Å². The number of carbonyl (C=O) groups is 1. The number of carbonyl (C=O) groups excluding carboxylic acids is 1. The van der Waals surface area contributed by atoms with Crippen LogP contribution in [0.1, 0.15) is 49.4 Å². The first-order chi connectivity index (χ1) is 10.5. The fraction of sp³-hybridized carbons (Fsp3) is 0.562.